The van der Waals surface area contributed by atoms with Gasteiger partial charge in [-0.15, -0.1) is 0 Å². The number of carbonyl (C=O) groups is 1. The van der Waals surface area contributed by atoms with Gasteiger partial charge in [0, 0.05) is 48.5 Å². The molecule has 7 nitrogen and oxygen atoms in total. The van der Waals surface area contributed by atoms with Crippen molar-refractivity contribution in [1.82, 2.24) is 20.1 Å². The molecule has 0 spiro atoms. The van der Waals surface area contributed by atoms with Gasteiger partial charge in [0.05, 0.1) is 18.4 Å². The molecular weight excluding hydrogens is 450 g/mol. The number of anilines is 1. The number of hydrogen-bond acceptors (Lipinski definition) is 4. The van der Waals surface area contributed by atoms with Crippen LogP contribution in [0.5, 0.6) is 0 Å². The topological polar surface area (TPSA) is 84.0 Å². The average molecular weight is 478 g/mol. The summed E-state index contributed by atoms with van der Waals surface area (Å²) in [7, 11) is 0. The number of aromatic amines is 1. The molecule has 1 amide bonds. The molecule has 3 N–H and O–H groups in total. The Hall–Kier alpha value is -4.20. The SMILES string of the molecule is O=C(Nc1cc(-c2ccc3ccn(Cc4ccccc4)c3c2)n[nH]1)c1ccc(C2CNCCO2)cc1. The molecule has 0 aliphatic carbocycles. The van der Waals surface area contributed by atoms with Crippen LogP contribution in [0, 0.1) is 0 Å². The van der Waals surface area contributed by atoms with E-state index in [2.05, 4.69) is 80.1 Å². The number of nitrogens with zero attached hydrogens (tertiary/aromatic N) is 2. The maximum atomic E-state index is 12.8. The zero-order valence-electron chi connectivity index (χ0n) is 19.8. The van der Waals surface area contributed by atoms with E-state index in [9.17, 15) is 4.79 Å². The quantitative estimate of drug-likeness (QED) is 0.322. The Labute approximate surface area is 209 Å². The highest BCUT2D eigenvalue weighted by molar-refractivity contribution is 6.04. The first-order valence-electron chi connectivity index (χ1n) is 12.2. The highest BCUT2D eigenvalue weighted by atomic mass is 16.5. The van der Waals surface area contributed by atoms with Gasteiger partial charge in [-0.1, -0.05) is 54.6 Å². The molecule has 0 saturated carbocycles. The maximum Gasteiger partial charge on any atom is 0.256 e. The highest BCUT2D eigenvalue weighted by Gasteiger charge is 2.16. The summed E-state index contributed by atoms with van der Waals surface area (Å²) < 4.78 is 8.02. The molecule has 1 aliphatic rings. The fourth-order valence-corrected chi connectivity index (χ4v) is 4.62. The van der Waals surface area contributed by atoms with Gasteiger partial charge >= 0.3 is 0 Å². The Morgan fingerprint density at radius 2 is 1.89 bits per heavy atom. The second-order valence-electron chi connectivity index (χ2n) is 9.01. The molecule has 0 radical (unpaired) electrons. The van der Waals surface area contributed by atoms with Gasteiger partial charge in [-0.05, 0) is 40.8 Å². The number of H-pyrrole nitrogens is 1. The number of aromatic nitrogens is 3. The highest BCUT2D eigenvalue weighted by Crippen LogP contribution is 2.26. The number of rotatable bonds is 6. The van der Waals surface area contributed by atoms with Gasteiger partial charge in [0.25, 0.3) is 5.91 Å². The Bertz CT molecular complexity index is 1480. The molecule has 6 rings (SSSR count). The van der Waals surface area contributed by atoms with Gasteiger partial charge in [-0.3, -0.25) is 9.89 Å². The molecular formula is C29H27N5O2. The lowest BCUT2D eigenvalue weighted by Gasteiger charge is -2.24. The molecule has 0 bridgehead atoms. The van der Waals surface area contributed by atoms with Crippen molar-refractivity contribution in [2.75, 3.05) is 25.0 Å². The van der Waals surface area contributed by atoms with Crippen molar-refractivity contribution < 1.29 is 9.53 Å². The van der Waals surface area contributed by atoms with Crippen LogP contribution in [0.3, 0.4) is 0 Å². The molecule has 36 heavy (non-hydrogen) atoms. The summed E-state index contributed by atoms with van der Waals surface area (Å²) in [5, 5.41) is 14.8. The number of benzene rings is 3. The van der Waals surface area contributed by atoms with Crippen LogP contribution >= 0.6 is 0 Å². The van der Waals surface area contributed by atoms with E-state index < -0.39 is 0 Å². The van der Waals surface area contributed by atoms with Crippen molar-refractivity contribution in [2.24, 2.45) is 0 Å². The van der Waals surface area contributed by atoms with Gasteiger partial charge in [0.15, 0.2) is 0 Å². The zero-order valence-corrected chi connectivity index (χ0v) is 19.8. The smallest absolute Gasteiger partial charge is 0.256 e. The molecule has 1 fully saturated rings. The third-order valence-corrected chi connectivity index (χ3v) is 6.56. The maximum absolute atomic E-state index is 12.8. The molecule has 7 heteroatoms. The monoisotopic (exact) mass is 477 g/mol. The number of nitrogens with one attached hydrogen (secondary N) is 3. The van der Waals surface area contributed by atoms with Crippen LogP contribution in [-0.4, -0.2) is 40.4 Å². The van der Waals surface area contributed by atoms with E-state index in [0.717, 1.165) is 42.0 Å². The minimum Gasteiger partial charge on any atom is -0.371 e. The Morgan fingerprint density at radius 1 is 1.03 bits per heavy atom. The first kappa shape index (κ1) is 22.3. The Kier molecular flexibility index (Phi) is 6.07. The predicted octanol–water partition coefficient (Wildman–Crippen LogP) is 4.99. The van der Waals surface area contributed by atoms with Gasteiger partial charge in [-0.2, -0.15) is 5.10 Å². The van der Waals surface area contributed by atoms with E-state index in [0.29, 0.717) is 18.0 Å². The van der Waals surface area contributed by atoms with Crippen LogP contribution in [0.4, 0.5) is 5.82 Å². The van der Waals surface area contributed by atoms with Crippen molar-refractivity contribution in [1.29, 1.82) is 0 Å². The van der Waals surface area contributed by atoms with Crippen molar-refractivity contribution >= 4 is 22.6 Å². The number of ether oxygens (including phenoxy) is 1. The normalized spacial score (nSPS) is 15.7. The number of morpholine rings is 1. The lowest BCUT2D eigenvalue weighted by molar-refractivity contribution is 0.0277. The molecule has 1 unspecified atom stereocenters. The van der Waals surface area contributed by atoms with E-state index in [1.165, 1.54) is 10.9 Å². The lowest BCUT2D eigenvalue weighted by Crippen LogP contribution is -2.33. The summed E-state index contributed by atoms with van der Waals surface area (Å²) in [6.45, 7) is 3.15. The minimum absolute atomic E-state index is 0.0252. The van der Waals surface area contributed by atoms with E-state index in [-0.39, 0.29) is 12.0 Å². The Morgan fingerprint density at radius 3 is 2.69 bits per heavy atom. The fraction of sp³-hybridized carbons (Fsp3) is 0.172. The Balaban J connectivity index is 1.16. The van der Waals surface area contributed by atoms with E-state index in [1.54, 1.807) is 0 Å². The van der Waals surface area contributed by atoms with Gasteiger partial charge in [-0.25, -0.2) is 0 Å². The minimum atomic E-state index is -0.188. The van der Waals surface area contributed by atoms with Crippen LogP contribution < -0.4 is 10.6 Å². The number of fused-ring (bicyclic) bond motifs is 1. The summed E-state index contributed by atoms with van der Waals surface area (Å²) >= 11 is 0. The fourth-order valence-electron chi connectivity index (χ4n) is 4.62. The number of carbonyl (C=O) groups excluding carboxylic acids is 1. The van der Waals surface area contributed by atoms with Gasteiger partial charge in [0.2, 0.25) is 0 Å². The van der Waals surface area contributed by atoms with Crippen LogP contribution in [0.1, 0.15) is 27.6 Å². The van der Waals surface area contributed by atoms with Gasteiger partial charge in [0.1, 0.15) is 5.82 Å². The predicted molar refractivity (Wildman–Crippen MR) is 141 cm³/mol. The van der Waals surface area contributed by atoms with Crippen LogP contribution in [-0.2, 0) is 11.3 Å². The summed E-state index contributed by atoms with van der Waals surface area (Å²) in [6, 6.07) is 28.2. The molecule has 3 heterocycles. The van der Waals surface area contributed by atoms with Crippen LogP contribution in [0.2, 0.25) is 0 Å². The van der Waals surface area contributed by atoms with Gasteiger partial charge < -0.3 is 19.9 Å². The molecule has 5 aromatic rings. The van der Waals surface area contributed by atoms with Crippen molar-refractivity contribution in [3.8, 4) is 11.3 Å². The largest absolute Gasteiger partial charge is 0.371 e. The molecule has 2 aromatic heterocycles. The molecule has 3 aromatic carbocycles. The van der Waals surface area contributed by atoms with Crippen molar-refractivity contribution in [3.63, 3.8) is 0 Å². The van der Waals surface area contributed by atoms with E-state index in [4.69, 9.17) is 4.74 Å². The van der Waals surface area contributed by atoms with Crippen LogP contribution in [0.15, 0.2) is 91.1 Å². The number of amides is 1. The first-order chi connectivity index (χ1) is 17.7. The van der Waals surface area contributed by atoms with E-state index in [1.807, 2.05) is 36.4 Å². The second-order valence-corrected chi connectivity index (χ2v) is 9.01. The van der Waals surface area contributed by atoms with E-state index >= 15 is 0 Å². The molecule has 1 saturated heterocycles. The second kappa shape index (κ2) is 9.81. The third kappa shape index (κ3) is 4.66. The van der Waals surface area contributed by atoms with Crippen molar-refractivity contribution in [3.05, 3.63) is 108 Å². The lowest BCUT2D eigenvalue weighted by atomic mass is 10.1. The summed E-state index contributed by atoms with van der Waals surface area (Å²) in [5.41, 5.74) is 5.80. The molecule has 1 atom stereocenters. The molecule has 180 valence electrons. The number of hydrogen-bond donors (Lipinski definition) is 3. The average Bonchev–Trinajstić information content (AvgIpc) is 3.57. The standard InChI is InChI=1S/C29H27N5O2/c35-29(23-9-7-22(8-10-23)27-18-30-13-15-36-27)31-28-17-25(32-33-28)24-11-6-21-12-14-34(26(21)16-24)19-20-4-2-1-3-5-20/h1-12,14,16-17,27,30H,13,15,18-19H2,(H2,31,32,33,35). The van der Waals surface area contributed by atoms with Crippen molar-refractivity contribution in [2.45, 2.75) is 12.6 Å². The summed E-state index contributed by atoms with van der Waals surface area (Å²) in [6.07, 6.45) is 2.14. The molecule has 1 aliphatic heterocycles. The summed E-state index contributed by atoms with van der Waals surface area (Å²) in [5.74, 6) is 0.366. The first-order valence-corrected chi connectivity index (χ1v) is 12.2. The zero-order chi connectivity index (χ0) is 24.3. The summed E-state index contributed by atoms with van der Waals surface area (Å²) in [4.78, 5) is 12.8. The van der Waals surface area contributed by atoms with Crippen LogP contribution in [0.25, 0.3) is 22.2 Å². The third-order valence-electron chi connectivity index (χ3n) is 6.56.